The quantitative estimate of drug-likeness (QED) is 0.327. The van der Waals surface area contributed by atoms with Gasteiger partial charge >= 0.3 is 0 Å². The highest BCUT2D eigenvalue weighted by atomic mass is 35.5. The Kier molecular flexibility index (Phi) is 12.1. The molecule has 2 amide bonds. The maximum Gasteiger partial charge on any atom is 0.251 e. The molecule has 2 aromatic rings. The van der Waals surface area contributed by atoms with Crippen molar-refractivity contribution in [1.82, 2.24) is 20.4 Å². The van der Waals surface area contributed by atoms with Crippen LogP contribution < -0.4 is 10.6 Å². The van der Waals surface area contributed by atoms with E-state index in [2.05, 4.69) is 74.4 Å². The predicted molar refractivity (Wildman–Crippen MR) is 162 cm³/mol. The summed E-state index contributed by atoms with van der Waals surface area (Å²) >= 11 is 12.1. The van der Waals surface area contributed by atoms with Crippen LogP contribution in [0.1, 0.15) is 75.7 Å². The van der Waals surface area contributed by atoms with E-state index in [4.69, 9.17) is 23.2 Å². The molecule has 3 atom stereocenters. The van der Waals surface area contributed by atoms with Gasteiger partial charge in [-0.15, -0.1) is 0 Å². The van der Waals surface area contributed by atoms with Crippen molar-refractivity contribution < 1.29 is 9.59 Å². The smallest absolute Gasteiger partial charge is 0.251 e. The minimum absolute atomic E-state index is 0.0287. The van der Waals surface area contributed by atoms with Gasteiger partial charge in [0.1, 0.15) is 0 Å². The SMILES string of the molecule is CC[C@H](CN1CC[C@H](CNC(=O)c2ccc(Cl)c(Cl)c2)N[C@H](CCN(C(C)C)C(C)C)C1=O)c1ccccc1. The Hall–Kier alpha value is -2.12. The summed E-state index contributed by atoms with van der Waals surface area (Å²) in [6, 6.07) is 15.8. The molecule has 0 spiro atoms. The van der Waals surface area contributed by atoms with Crippen molar-refractivity contribution in [2.45, 2.75) is 84.0 Å². The Morgan fingerprint density at radius 1 is 1.08 bits per heavy atom. The summed E-state index contributed by atoms with van der Waals surface area (Å²) in [5.41, 5.74) is 1.73. The van der Waals surface area contributed by atoms with Gasteiger partial charge < -0.3 is 15.5 Å². The third-order valence-electron chi connectivity index (χ3n) is 7.69. The molecule has 2 aromatic carbocycles. The van der Waals surface area contributed by atoms with Crippen molar-refractivity contribution >= 4 is 35.0 Å². The molecule has 214 valence electrons. The van der Waals surface area contributed by atoms with Crippen LogP contribution in [0.25, 0.3) is 0 Å². The molecule has 3 rings (SSSR count). The molecule has 1 fully saturated rings. The molecule has 0 bridgehead atoms. The van der Waals surface area contributed by atoms with Crippen molar-refractivity contribution in [2.24, 2.45) is 0 Å². The fraction of sp³-hybridized carbons (Fsp3) is 0.548. The van der Waals surface area contributed by atoms with Crippen LogP contribution in [-0.4, -0.2) is 72.0 Å². The summed E-state index contributed by atoms with van der Waals surface area (Å²) < 4.78 is 0. The molecule has 8 heteroatoms. The van der Waals surface area contributed by atoms with Gasteiger partial charge in [-0.1, -0.05) is 60.5 Å². The fourth-order valence-electron chi connectivity index (χ4n) is 5.44. The molecule has 0 saturated carbocycles. The zero-order chi connectivity index (χ0) is 28.5. The molecule has 0 aliphatic carbocycles. The highest BCUT2D eigenvalue weighted by Crippen LogP contribution is 2.24. The summed E-state index contributed by atoms with van der Waals surface area (Å²) in [6.45, 7) is 13.6. The van der Waals surface area contributed by atoms with E-state index in [1.54, 1.807) is 18.2 Å². The number of carbonyl (C=O) groups is 2. The molecule has 6 nitrogen and oxygen atoms in total. The number of benzene rings is 2. The van der Waals surface area contributed by atoms with Crippen LogP contribution in [0, 0.1) is 0 Å². The van der Waals surface area contributed by atoms with Gasteiger partial charge in [0.15, 0.2) is 0 Å². The molecule has 0 radical (unpaired) electrons. The first-order valence-electron chi connectivity index (χ1n) is 14.2. The Labute approximate surface area is 244 Å². The Balaban J connectivity index is 1.74. The van der Waals surface area contributed by atoms with Crippen LogP contribution in [0.15, 0.2) is 48.5 Å². The highest BCUT2D eigenvalue weighted by Gasteiger charge is 2.33. The minimum Gasteiger partial charge on any atom is -0.350 e. The van der Waals surface area contributed by atoms with E-state index >= 15 is 0 Å². The maximum absolute atomic E-state index is 13.9. The molecule has 1 saturated heterocycles. The Bertz CT molecular complexity index is 1070. The van der Waals surface area contributed by atoms with Gasteiger partial charge in [0.2, 0.25) is 5.91 Å². The van der Waals surface area contributed by atoms with Gasteiger partial charge in [-0.05, 0) is 70.7 Å². The van der Waals surface area contributed by atoms with Crippen LogP contribution in [-0.2, 0) is 4.79 Å². The number of rotatable bonds is 12. The number of halogens is 2. The molecule has 2 N–H and O–H groups in total. The van der Waals surface area contributed by atoms with E-state index in [0.717, 1.165) is 19.4 Å². The lowest BCUT2D eigenvalue weighted by atomic mass is 9.95. The van der Waals surface area contributed by atoms with E-state index in [0.29, 0.717) is 53.7 Å². The zero-order valence-electron chi connectivity index (χ0n) is 23.9. The molecule has 1 aliphatic rings. The number of nitrogens with zero attached hydrogens (tertiary/aromatic N) is 2. The lowest BCUT2D eigenvalue weighted by Crippen LogP contribution is -2.51. The van der Waals surface area contributed by atoms with Crippen LogP contribution in [0.3, 0.4) is 0 Å². The second-order valence-electron chi connectivity index (χ2n) is 11.1. The summed E-state index contributed by atoms with van der Waals surface area (Å²) in [6.07, 6.45) is 2.43. The highest BCUT2D eigenvalue weighted by molar-refractivity contribution is 6.42. The summed E-state index contributed by atoms with van der Waals surface area (Å²) in [5.74, 6) is 0.222. The molecule has 0 aromatic heterocycles. The molecule has 39 heavy (non-hydrogen) atoms. The van der Waals surface area contributed by atoms with E-state index in [-0.39, 0.29) is 29.8 Å². The zero-order valence-corrected chi connectivity index (χ0v) is 25.4. The Morgan fingerprint density at radius 3 is 2.38 bits per heavy atom. The predicted octanol–water partition coefficient (Wildman–Crippen LogP) is 5.99. The van der Waals surface area contributed by atoms with Crippen molar-refractivity contribution in [3.8, 4) is 0 Å². The molecule has 0 unspecified atom stereocenters. The number of amides is 2. The second-order valence-corrected chi connectivity index (χ2v) is 11.9. The number of hydrogen-bond acceptors (Lipinski definition) is 4. The van der Waals surface area contributed by atoms with Crippen molar-refractivity contribution in [2.75, 3.05) is 26.2 Å². The van der Waals surface area contributed by atoms with Gasteiger partial charge in [-0.2, -0.15) is 0 Å². The van der Waals surface area contributed by atoms with Crippen molar-refractivity contribution in [1.29, 1.82) is 0 Å². The topological polar surface area (TPSA) is 64.7 Å². The first kappa shape index (κ1) is 31.4. The average molecular weight is 576 g/mol. The van der Waals surface area contributed by atoms with Gasteiger partial charge in [0.05, 0.1) is 16.1 Å². The van der Waals surface area contributed by atoms with Crippen LogP contribution in [0.5, 0.6) is 0 Å². The lowest BCUT2D eigenvalue weighted by Gasteiger charge is -2.33. The number of nitrogens with one attached hydrogen (secondary N) is 2. The average Bonchev–Trinajstić information content (AvgIpc) is 3.06. The van der Waals surface area contributed by atoms with Crippen LogP contribution >= 0.6 is 23.2 Å². The molecular weight excluding hydrogens is 531 g/mol. The van der Waals surface area contributed by atoms with E-state index in [1.807, 2.05) is 11.0 Å². The second kappa shape index (κ2) is 15.0. The molecule has 1 heterocycles. The monoisotopic (exact) mass is 574 g/mol. The van der Waals surface area contributed by atoms with E-state index in [1.165, 1.54) is 5.56 Å². The standard InChI is InChI=1S/C31H44Cl2N4O2/c1-6-23(24-10-8-7-9-11-24)20-36-16-14-26(19-34-30(38)25-12-13-27(32)28(33)18-25)35-29(31(36)39)15-17-37(21(2)3)22(4)5/h7-13,18,21-23,26,29,35H,6,14-17,19-20H2,1-5H3,(H,34,38)/t23-,26-,29-/m1/s1. The first-order chi connectivity index (χ1) is 18.6. The van der Waals surface area contributed by atoms with Gasteiger partial charge in [-0.3, -0.25) is 14.5 Å². The maximum atomic E-state index is 13.9. The third-order valence-corrected chi connectivity index (χ3v) is 8.43. The number of carbonyl (C=O) groups excluding carboxylic acids is 2. The normalized spacial score (nSPS) is 19.0. The summed E-state index contributed by atoms with van der Waals surface area (Å²) in [4.78, 5) is 31.2. The van der Waals surface area contributed by atoms with Crippen LogP contribution in [0.4, 0.5) is 0 Å². The fourth-order valence-corrected chi connectivity index (χ4v) is 5.74. The summed E-state index contributed by atoms with van der Waals surface area (Å²) in [5, 5.41) is 7.40. The van der Waals surface area contributed by atoms with Gasteiger partial charge in [0.25, 0.3) is 5.91 Å². The number of hydrogen-bond donors (Lipinski definition) is 2. The van der Waals surface area contributed by atoms with Crippen LogP contribution in [0.2, 0.25) is 10.0 Å². The lowest BCUT2D eigenvalue weighted by molar-refractivity contribution is -0.133. The van der Waals surface area contributed by atoms with Crippen molar-refractivity contribution in [3.05, 3.63) is 69.7 Å². The van der Waals surface area contributed by atoms with Crippen molar-refractivity contribution in [3.63, 3.8) is 0 Å². The van der Waals surface area contributed by atoms with Gasteiger partial charge in [0, 0.05) is 55.8 Å². The van der Waals surface area contributed by atoms with E-state index < -0.39 is 0 Å². The largest absolute Gasteiger partial charge is 0.350 e. The van der Waals surface area contributed by atoms with E-state index in [9.17, 15) is 9.59 Å². The van der Waals surface area contributed by atoms with Gasteiger partial charge in [-0.25, -0.2) is 0 Å². The summed E-state index contributed by atoms with van der Waals surface area (Å²) in [7, 11) is 0. The Morgan fingerprint density at radius 2 is 1.77 bits per heavy atom. The first-order valence-corrected chi connectivity index (χ1v) is 14.9. The molecular formula is C31H44Cl2N4O2. The third kappa shape index (κ3) is 8.94. The molecule has 1 aliphatic heterocycles. The minimum atomic E-state index is -0.312.